The molecule has 4 heterocycles. The lowest BCUT2D eigenvalue weighted by Gasteiger charge is -2.23. The van der Waals surface area contributed by atoms with Crippen LogP contribution in [0, 0.1) is 0 Å². The lowest BCUT2D eigenvalue weighted by molar-refractivity contribution is 0.457. The summed E-state index contributed by atoms with van der Waals surface area (Å²) >= 11 is 0. The van der Waals surface area contributed by atoms with Crippen LogP contribution in [0.3, 0.4) is 0 Å². The Hall–Kier alpha value is -4.62. The summed E-state index contributed by atoms with van der Waals surface area (Å²) in [6.07, 6.45) is 1.86. The fraction of sp³-hybridized carbons (Fsp3) is 0.125. The van der Waals surface area contributed by atoms with Crippen LogP contribution >= 0.6 is 0 Å². The molecule has 0 fully saturated rings. The van der Waals surface area contributed by atoms with E-state index in [0.717, 1.165) is 33.2 Å². The number of benzene rings is 3. The summed E-state index contributed by atoms with van der Waals surface area (Å²) < 4.78 is 14.3. The lowest BCUT2D eigenvalue weighted by Crippen LogP contribution is -2.46. The van der Waals surface area contributed by atoms with Crippen molar-refractivity contribution in [3.8, 4) is 28.9 Å². The minimum atomic E-state index is -0.798. The van der Waals surface area contributed by atoms with Gasteiger partial charge in [0.25, 0.3) is 0 Å². The molecule has 3 aromatic carbocycles. The highest BCUT2D eigenvalue weighted by Crippen LogP contribution is 2.34. The molecule has 0 radical (unpaired) electrons. The van der Waals surface area contributed by atoms with Gasteiger partial charge in [-0.15, -0.1) is 0 Å². The molecule has 6 nitrogen and oxygen atoms in total. The molecule has 0 amide bonds. The molecule has 1 aliphatic rings. The Kier molecular flexibility index (Phi) is 5.25. The summed E-state index contributed by atoms with van der Waals surface area (Å²) in [4.78, 5) is 9.67. The largest absolute Gasteiger partial charge is 0.458 e. The summed E-state index contributed by atoms with van der Waals surface area (Å²) in [6, 6.07) is 29.3. The molecule has 0 saturated heterocycles. The number of para-hydroxylation sites is 2. The maximum absolute atomic E-state index is 11.0. The van der Waals surface area contributed by atoms with E-state index in [9.17, 15) is 5.02 Å². The van der Waals surface area contributed by atoms with Crippen LogP contribution in [0.2, 0.25) is 0 Å². The smallest absolute Gasteiger partial charge is 0.366 e. The van der Waals surface area contributed by atoms with Crippen LogP contribution in [0.5, 0.6) is 23.1 Å². The Balaban J connectivity index is 1.32. The molecule has 0 bridgehead atoms. The number of fused-ring (bicyclic) bond motifs is 5. The Morgan fingerprint density at radius 2 is 1.62 bits per heavy atom. The number of rotatable bonds is 3. The summed E-state index contributed by atoms with van der Waals surface area (Å²) in [5.74, 6) is 3.10. The van der Waals surface area contributed by atoms with Gasteiger partial charge in [-0.05, 0) is 65.0 Å². The second-order valence-electron chi connectivity index (χ2n) is 10.9. The molecule has 0 spiro atoms. The van der Waals surface area contributed by atoms with Gasteiger partial charge in [0, 0.05) is 28.5 Å². The maximum atomic E-state index is 11.0. The van der Waals surface area contributed by atoms with Crippen molar-refractivity contribution in [1.29, 1.82) is 0 Å². The topological polar surface area (TPSA) is 69.4 Å². The lowest BCUT2D eigenvalue weighted by atomic mass is 9.54. The van der Waals surface area contributed by atoms with E-state index in [1.807, 2.05) is 72.9 Å². The van der Waals surface area contributed by atoms with Gasteiger partial charge in [-0.25, -0.2) is 4.98 Å². The first-order valence-electron chi connectivity index (χ1n) is 13.0. The number of pyridine rings is 2. The molecule has 3 aromatic heterocycles. The SMILES string of the molecule is CC(C)(C)c1ccnc(-n2c3ccccc3c3ccc(Oc4ccc5c(c4)B(O)c4ccccc4O5)nc32)c1. The predicted molar refractivity (Wildman–Crippen MR) is 155 cm³/mol. The summed E-state index contributed by atoms with van der Waals surface area (Å²) in [5, 5.41) is 13.1. The fourth-order valence-corrected chi connectivity index (χ4v) is 5.22. The van der Waals surface area contributed by atoms with E-state index in [-0.39, 0.29) is 5.41 Å². The van der Waals surface area contributed by atoms with E-state index in [0.29, 0.717) is 28.6 Å². The van der Waals surface area contributed by atoms with Crippen LogP contribution in [0.4, 0.5) is 0 Å². The maximum Gasteiger partial charge on any atom is 0.366 e. The highest BCUT2D eigenvalue weighted by atomic mass is 16.5. The highest BCUT2D eigenvalue weighted by molar-refractivity contribution is 6.80. The van der Waals surface area contributed by atoms with Crippen molar-refractivity contribution in [2.24, 2.45) is 0 Å². The molecule has 0 atom stereocenters. The van der Waals surface area contributed by atoms with E-state index in [1.54, 1.807) is 0 Å². The molecule has 190 valence electrons. The average molecular weight is 511 g/mol. The molecule has 0 unspecified atom stereocenters. The molecule has 7 heteroatoms. The molecule has 0 aliphatic carbocycles. The van der Waals surface area contributed by atoms with Crippen LogP contribution in [0.25, 0.3) is 27.8 Å². The van der Waals surface area contributed by atoms with Crippen LogP contribution in [0.1, 0.15) is 26.3 Å². The third-order valence-electron chi connectivity index (χ3n) is 7.27. The van der Waals surface area contributed by atoms with E-state index < -0.39 is 6.92 Å². The molecule has 39 heavy (non-hydrogen) atoms. The van der Waals surface area contributed by atoms with Gasteiger partial charge in [-0.3, -0.25) is 4.57 Å². The third kappa shape index (κ3) is 3.94. The van der Waals surface area contributed by atoms with E-state index >= 15 is 0 Å². The van der Waals surface area contributed by atoms with Gasteiger partial charge in [-0.1, -0.05) is 57.2 Å². The number of ether oxygens (including phenoxy) is 2. The average Bonchev–Trinajstić information content (AvgIpc) is 3.27. The van der Waals surface area contributed by atoms with Gasteiger partial charge in [0.05, 0.1) is 5.52 Å². The van der Waals surface area contributed by atoms with Crippen molar-refractivity contribution in [3.05, 3.63) is 103 Å². The van der Waals surface area contributed by atoms with Gasteiger partial charge in [0.15, 0.2) is 5.65 Å². The Labute approximate surface area is 226 Å². The van der Waals surface area contributed by atoms with Crippen molar-refractivity contribution < 1.29 is 14.5 Å². The first-order chi connectivity index (χ1) is 18.9. The zero-order chi connectivity index (χ0) is 26.7. The monoisotopic (exact) mass is 511 g/mol. The van der Waals surface area contributed by atoms with Gasteiger partial charge < -0.3 is 14.5 Å². The van der Waals surface area contributed by atoms with E-state index in [1.165, 1.54) is 5.56 Å². The molecule has 1 N–H and O–H groups in total. The number of nitrogens with zero attached hydrogens (tertiary/aromatic N) is 3. The summed E-state index contributed by atoms with van der Waals surface area (Å²) in [6.45, 7) is 5.79. The van der Waals surface area contributed by atoms with Gasteiger partial charge in [0.1, 0.15) is 23.1 Å². The Morgan fingerprint density at radius 1 is 0.821 bits per heavy atom. The Bertz CT molecular complexity index is 1890. The first kappa shape index (κ1) is 23.5. The van der Waals surface area contributed by atoms with Gasteiger partial charge in [0.2, 0.25) is 5.88 Å². The number of hydrogen-bond acceptors (Lipinski definition) is 5. The zero-order valence-corrected chi connectivity index (χ0v) is 21.9. The number of hydrogen-bond donors (Lipinski definition) is 1. The Morgan fingerprint density at radius 3 is 2.49 bits per heavy atom. The van der Waals surface area contributed by atoms with Gasteiger partial charge >= 0.3 is 6.92 Å². The standard InChI is InChI=1S/C32H26BN3O3/c1-32(2,3)20-16-17-34-29(18-20)36-26-10-6-4-8-22(26)23-13-15-30(35-31(23)36)38-21-12-14-28-25(19-21)33(37)24-9-5-7-11-27(24)39-28/h4-19,37H,1-3H3. The molecule has 0 saturated carbocycles. The molecular formula is C32H26BN3O3. The van der Waals surface area contributed by atoms with E-state index in [2.05, 4.69) is 49.6 Å². The van der Waals surface area contributed by atoms with Crippen molar-refractivity contribution in [2.75, 3.05) is 0 Å². The van der Waals surface area contributed by atoms with Crippen molar-refractivity contribution in [2.45, 2.75) is 26.2 Å². The van der Waals surface area contributed by atoms with Gasteiger partial charge in [-0.2, -0.15) is 4.98 Å². The second-order valence-corrected chi connectivity index (χ2v) is 10.9. The highest BCUT2D eigenvalue weighted by Gasteiger charge is 2.30. The zero-order valence-electron chi connectivity index (χ0n) is 21.9. The minimum Gasteiger partial charge on any atom is -0.458 e. The quantitative estimate of drug-likeness (QED) is 0.301. The van der Waals surface area contributed by atoms with Crippen molar-refractivity contribution >= 4 is 39.8 Å². The fourth-order valence-electron chi connectivity index (χ4n) is 5.22. The predicted octanol–water partition coefficient (Wildman–Crippen LogP) is 5.87. The number of aromatic nitrogens is 3. The van der Waals surface area contributed by atoms with Crippen molar-refractivity contribution in [3.63, 3.8) is 0 Å². The molecule has 7 rings (SSSR count). The van der Waals surface area contributed by atoms with Crippen LogP contribution in [-0.4, -0.2) is 26.5 Å². The van der Waals surface area contributed by atoms with Crippen LogP contribution < -0.4 is 20.4 Å². The molecule has 1 aliphatic heterocycles. The van der Waals surface area contributed by atoms with Crippen LogP contribution in [-0.2, 0) is 5.41 Å². The first-order valence-corrected chi connectivity index (χ1v) is 13.0. The molecule has 6 aromatic rings. The summed E-state index contributed by atoms with van der Waals surface area (Å²) in [7, 11) is 0. The van der Waals surface area contributed by atoms with Crippen molar-refractivity contribution in [1.82, 2.24) is 14.5 Å². The normalized spacial score (nSPS) is 12.8. The summed E-state index contributed by atoms with van der Waals surface area (Å²) in [5.41, 5.74) is 4.37. The van der Waals surface area contributed by atoms with E-state index in [4.69, 9.17) is 19.4 Å². The van der Waals surface area contributed by atoms with Crippen LogP contribution in [0.15, 0.2) is 97.2 Å². The minimum absolute atomic E-state index is 0.0145. The second kappa shape index (κ2) is 8.71. The molecular weight excluding hydrogens is 485 g/mol. The third-order valence-corrected chi connectivity index (χ3v) is 7.27.